The van der Waals surface area contributed by atoms with E-state index in [1.165, 1.54) is 37.6 Å². The van der Waals surface area contributed by atoms with Crippen LogP contribution in [0.15, 0.2) is 60.2 Å². The molecule has 3 aromatic heterocycles. The van der Waals surface area contributed by atoms with Crippen molar-refractivity contribution >= 4 is 56.6 Å². The van der Waals surface area contributed by atoms with Crippen LogP contribution in [0.25, 0.3) is 43.4 Å². The van der Waals surface area contributed by atoms with Gasteiger partial charge in [0.1, 0.15) is 34.6 Å². The molecule has 0 radical (unpaired) electrons. The number of nitrogens with zero attached hydrogens (tertiary/aromatic N) is 8. The monoisotopic (exact) mass is 1110 g/mol. The number of phenolic OH excluding ortho intramolecular Hbond substituents is 1. The molecule has 4 fully saturated rings. The third-order valence-electron chi connectivity index (χ3n) is 14.6. The number of likely N-dealkylation sites (tertiary alicyclic amines) is 2. The lowest BCUT2D eigenvalue weighted by molar-refractivity contribution is -0.139. The number of carbonyl (C=O) groups is 3. The van der Waals surface area contributed by atoms with Crippen molar-refractivity contribution in [2.24, 2.45) is 11.8 Å². The minimum Gasteiger partial charge on any atom is -0.508 e. The second kappa shape index (κ2) is 27.2. The predicted molar refractivity (Wildman–Crippen MR) is 306 cm³/mol. The Bertz CT molecular complexity index is 3240. The van der Waals surface area contributed by atoms with E-state index in [1.807, 2.05) is 43.6 Å². The fourth-order valence-corrected chi connectivity index (χ4v) is 11.5. The highest BCUT2D eigenvalue weighted by molar-refractivity contribution is 7.13. The highest BCUT2D eigenvalue weighted by atomic mass is 32.1. The predicted octanol–water partition coefficient (Wildman–Crippen LogP) is 8.47. The third kappa shape index (κ3) is 14.3. The average Bonchev–Trinajstić information content (AvgIpc) is 4.35. The number of hydrogen-bond acceptors (Lipinski definition) is 15. The van der Waals surface area contributed by atoms with Gasteiger partial charge in [-0.25, -0.2) is 13.8 Å². The Balaban J connectivity index is 0.000000199. The van der Waals surface area contributed by atoms with E-state index in [1.54, 1.807) is 16.2 Å². The van der Waals surface area contributed by atoms with E-state index in [0.717, 1.165) is 92.4 Å². The lowest BCUT2D eigenvalue weighted by Gasteiger charge is -2.34. The number of aromatic nitrogens is 4. The van der Waals surface area contributed by atoms with Gasteiger partial charge in [-0.2, -0.15) is 15.2 Å². The molecule has 422 valence electrons. The minimum atomic E-state index is -0.735. The summed E-state index contributed by atoms with van der Waals surface area (Å²) in [6, 6.07) is 15.9. The molecule has 5 atom stereocenters. The smallest absolute Gasteiger partial charge is 0.318 e. The Morgan fingerprint density at radius 2 is 1.73 bits per heavy atom. The van der Waals surface area contributed by atoms with Crippen LogP contribution in [0.4, 0.5) is 14.6 Å². The van der Waals surface area contributed by atoms with Crippen LogP contribution < -0.4 is 25.6 Å². The van der Waals surface area contributed by atoms with Crippen molar-refractivity contribution in [2.45, 2.75) is 104 Å². The van der Waals surface area contributed by atoms with Crippen molar-refractivity contribution in [1.82, 2.24) is 45.7 Å². The van der Waals surface area contributed by atoms with Crippen LogP contribution in [0, 0.1) is 54.1 Å². The van der Waals surface area contributed by atoms with Gasteiger partial charge in [0.05, 0.1) is 65.3 Å². The van der Waals surface area contributed by atoms with Crippen molar-refractivity contribution in [3.05, 3.63) is 88.7 Å². The molecule has 17 nitrogen and oxygen atoms in total. The minimum absolute atomic E-state index is 0.0258. The van der Waals surface area contributed by atoms with Crippen LogP contribution in [0.2, 0.25) is 0 Å². The second-order valence-corrected chi connectivity index (χ2v) is 22.3. The number of phenols is 1. The fourth-order valence-electron chi connectivity index (χ4n) is 10.7. The van der Waals surface area contributed by atoms with Crippen LogP contribution in [0.1, 0.15) is 95.5 Å². The molecule has 20 heteroatoms. The molecule has 4 saturated heterocycles. The molecule has 4 N–H and O–H groups in total. The summed E-state index contributed by atoms with van der Waals surface area (Å²) < 4.78 is 41.5. The van der Waals surface area contributed by atoms with E-state index >= 15 is 4.39 Å². The van der Waals surface area contributed by atoms with Crippen LogP contribution in [-0.2, 0) is 19.1 Å². The average molecular weight is 1110 g/mol. The summed E-state index contributed by atoms with van der Waals surface area (Å²) in [5.74, 6) is 1.71. The number of methoxy groups -OCH3 is 1. The number of thiazole rings is 1. The van der Waals surface area contributed by atoms with Crippen LogP contribution >= 0.6 is 11.3 Å². The van der Waals surface area contributed by atoms with E-state index in [-0.39, 0.29) is 88.7 Å². The van der Waals surface area contributed by atoms with Crippen LogP contribution in [0.5, 0.6) is 11.8 Å². The largest absolute Gasteiger partial charge is 0.508 e. The molecule has 0 spiro atoms. The zero-order valence-corrected chi connectivity index (χ0v) is 47.2. The van der Waals surface area contributed by atoms with Crippen molar-refractivity contribution < 1.29 is 37.7 Å². The van der Waals surface area contributed by atoms with E-state index < -0.39 is 17.7 Å². The number of ether oxygens (including phenoxy) is 2. The van der Waals surface area contributed by atoms with Gasteiger partial charge >= 0.3 is 6.01 Å². The third-order valence-corrected chi connectivity index (χ3v) is 15.6. The van der Waals surface area contributed by atoms with Crippen molar-refractivity contribution in [3.8, 4) is 51.9 Å². The first kappa shape index (κ1) is 58.8. The van der Waals surface area contributed by atoms with Gasteiger partial charge in [0, 0.05) is 75.0 Å². The lowest BCUT2D eigenvalue weighted by Crippen LogP contribution is -2.51. The number of carbonyl (C=O) groups excluding carboxylic acids is 3. The Morgan fingerprint density at radius 3 is 2.40 bits per heavy atom. The number of pyridine rings is 1. The molecule has 0 aliphatic carbocycles. The maximum absolute atomic E-state index is 16.1. The van der Waals surface area contributed by atoms with E-state index in [0.29, 0.717) is 48.2 Å². The van der Waals surface area contributed by atoms with Crippen molar-refractivity contribution in [2.75, 3.05) is 71.0 Å². The van der Waals surface area contributed by atoms with Gasteiger partial charge < -0.3 is 45.2 Å². The number of benzene rings is 3. The maximum Gasteiger partial charge on any atom is 0.318 e. The van der Waals surface area contributed by atoms with E-state index in [9.17, 15) is 23.9 Å². The second-order valence-electron chi connectivity index (χ2n) is 21.4. The van der Waals surface area contributed by atoms with Crippen LogP contribution in [-0.4, -0.2) is 137 Å². The van der Waals surface area contributed by atoms with Gasteiger partial charge in [-0.15, -0.1) is 17.8 Å². The molecule has 2 bridgehead atoms. The molecule has 80 heavy (non-hydrogen) atoms. The number of piperazine rings is 1. The number of amides is 3. The molecule has 0 saturated carbocycles. The molecule has 6 aromatic rings. The summed E-state index contributed by atoms with van der Waals surface area (Å²) in [4.78, 5) is 62.8. The van der Waals surface area contributed by atoms with E-state index in [2.05, 4.69) is 78.4 Å². The fraction of sp³-hybridized carbons (Fsp3) is 0.467. The van der Waals surface area contributed by atoms with E-state index in [4.69, 9.17) is 21.2 Å². The first-order valence-corrected chi connectivity index (χ1v) is 28.3. The zero-order valence-electron chi connectivity index (χ0n) is 46.4. The van der Waals surface area contributed by atoms with Gasteiger partial charge in [-0.3, -0.25) is 19.4 Å². The highest BCUT2D eigenvalue weighted by Gasteiger charge is 2.36. The lowest BCUT2D eigenvalue weighted by atomic mass is 9.96. The van der Waals surface area contributed by atoms with Crippen LogP contribution in [0.3, 0.4) is 0 Å². The normalized spacial score (nSPS) is 18.9. The number of fused-ring (bicyclic) bond motifs is 4. The van der Waals surface area contributed by atoms with Gasteiger partial charge in [0.2, 0.25) is 17.7 Å². The SMILES string of the molecule is C#Cc1c(F)ccc2cc(O)cc(-c3ncc4c(N5CC6CCC(C5)N6)nc(OC)nc4c3F)c12.CC(C)C.Cc1ncsc1-c1ccc(C(C)NC(=O)C2CCCN2C(=O)CNC(=O)CCOCCCN2CCC(C#N)C2)cc1. The molecule has 4 aliphatic rings. The molecule has 5 unspecified atom stereocenters. The summed E-state index contributed by atoms with van der Waals surface area (Å²) in [6.45, 7) is 15.8. The number of nitriles is 1. The summed E-state index contributed by atoms with van der Waals surface area (Å²) in [5, 5.41) is 29.8. The van der Waals surface area contributed by atoms with Crippen molar-refractivity contribution in [1.29, 1.82) is 5.26 Å². The number of aryl methyl sites for hydroxylation is 1. The number of aromatic hydroxyl groups is 1. The van der Waals surface area contributed by atoms with Gasteiger partial charge in [-0.1, -0.05) is 57.0 Å². The molecule has 7 heterocycles. The standard InChI is InChI=1S/C30H40N6O4S.C26H21F2N5O2.C4H10/c1-21(24-6-8-25(9-7-24)29-22(2)33-20-41-29)34-30(39)26-5-3-13-36(26)28(38)18-32-27(37)11-16-40-15-4-12-35-14-10-23(17-31)19-35;1-3-17-20(27)7-4-13-8-16(34)9-18(21(13)17)23-22(28)24-19(10-29-23)25(32-26(31-24)35-2)33-11-14-5-6-15(12-33)30-14;1-4(2)3/h6-9,20-21,23,26H,3-5,10-16,18-19H2,1-2H3,(H,32,37)(H,34,39);1,4,7-10,14-15,30,34H,5-6,11-12H2,2H3;4H,1-3H3. The maximum atomic E-state index is 16.1. The number of rotatable bonds is 16. The van der Waals surface area contributed by atoms with Gasteiger partial charge in [0.25, 0.3) is 0 Å². The molecule has 4 aliphatic heterocycles. The molecule has 3 amide bonds. The number of anilines is 1. The summed E-state index contributed by atoms with van der Waals surface area (Å²) in [6.07, 6.45) is 12.6. The summed E-state index contributed by atoms with van der Waals surface area (Å²) >= 11 is 1.60. The first-order chi connectivity index (χ1) is 38.5. The highest BCUT2D eigenvalue weighted by Crippen LogP contribution is 2.39. The number of hydrogen-bond donors (Lipinski definition) is 4. The Labute approximate surface area is 470 Å². The molecule has 3 aromatic carbocycles. The molecule has 10 rings (SSSR count). The number of terminal acetylenes is 1. The Hall–Kier alpha value is -7.36. The first-order valence-electron chi connectivity index (χ1n) is 27.5. The quantitative estimate of drug-likeness (QED) is 0.0529. The summed E-state index contributed by atoms with van der Waals surface area (Å²) in [5.41, 5.74) is 4.98. The summed E-state index contributed by atoms with van der Waals surface area (Å²) in [7, 11) is 1.43. The van der Waals surface area contributed by atoms with Gasteiger partial charge in [0.15, 0.2) is 5.82 Å². The number of halogens is 2. The number of nitrogens with one attached hydrogen (secondary N) is 3. The zero-order chi connectivity index (χ0) is 57.0. The Morgan fingerprint density at radius 1 is 0.975 bits per heavy atom. The molecular weight excluding hydrogens is 1040 g/mol. The molecular formula is C60H71F2N11O6S. The topological polar surface area (TPSA) is 211 Å². The van der Waals surface area contributed by atoms with Gasteiger partial charge in [-0.05, 0) is 99.5 Å². The van der Waals surface area contributed by atoms with Crippen molar-refractivity contribution in [3.63, 3.8) is 0 Å². The Kier molecular flexibility index (Phi) is 20.0.